The molecule has 2 aromatic heterocycles. The first-order valence-electron chi connectivity index (χ1n) is 8.06. The van der Waals surface area contributed by atoms with Gasteiger partial charge in [0.15, 0.2) is 5.96 Å². The zero-order valence-corrected chi connectivity index (χ0v) is 14.4. The Morgan fingerprint density at radius 2 is 2.26 bits per heavy atom. The molecule has 7 nitrogen and oxygen atoms in total. The molecular formula is C15H23N7S. The molecule has 3 rings (SSSR count). The van der Waals surface area contributed by atoms with Gasteiger partial charge >= 0.3 is 0 Å². The minimum atomic E-state index is 0.471. The van der Waals surface area contributed by atoms with Gasteiger partial charge in [0, 0.05) is 36.6 Å². The molecule has 2 aromatic rings. The first kappa shape index (κ1) is 15.9. The van der Waals surface area contributed by atoms with Crippen molar-refractivity contribution in [1.82, 2.24) is 30.4 Å². The normalized spacial score (nSPS) is 16.8. The summed E-state index contributed by atoms with van der Waals surface area (Å²) >= 11 is 1.71. The maximum Gasteiger partial charge on any atom is 0.194 e. The molecular weight excluding hydrogens is 310 g/mol. The maximum atomic E-state index is 4.75. The molecule has 1 saturated heterocycles. The number of aryl methyl sites for hydroxylation is 1. The Morgan fingerprint density at radius 1 is 1.43 bits per heavy atom. The summed E-state index contributed by atoms with van der Waals surface area (Å²) in [4.78, 5) is 17.0. The second-order valence-corrected chi connectivity index (χ2v) is 6.99. The third kappa shape index (κ3) is 4.07. The van der Waals surface area contributed by atoms with Crippen molar-refractivity contribution in [1.29, 1.82) is 0 Å². The summed E-state index contributed by atoms with van der Waals surface area (Å²) in [6.07, 6.45) is 5.63. The van der Waals surface area contributed by atoms with Gasteiger partial charge in [-0.25, -0.2) is 15.0 Å². The Morgan fingerprint density at radius 3 is 2.87 bits per heavy atom. The van der Waals surface area contributed by atoms with E-state index in [1.165, 1.54) is 4.88 Å². The standard InChI is InChI=1S/C15H23N7S/c1-3-16-15(18-9-13-17-8-11(2)23-13)22-6-4-12(5-7-22)14-19-10-20-21-14/h8,10,12H,3-7,9H2,1-2H3,(H,16,18)(H,19,20,21). The van der Waals surface area contributed by atoms with Gasteiger partial charge < -0.3 is 10.2 Å². The summed E-state index contributed by atoms with van der Waals surface area (Å²) in [6.45, 7) is 7.65. The molecule has 0 unspecified atom stereocenters. The maximum absolute atomic E-state index is 4.75. The van der Waals surface area contributed by atoms with Crippen LogP contribution in [-0.2, 0) is 6.54 Å². The van der Waals surface area contributed by atoms with Crippen molar-refractivity contribution < 1.29 is 0 Å². The van der Waals surface area contributed by atoms with Crippen molar-refractivity contribution >= 4 is 17.3 Å². The summed E-state index contributed by atoms with van der Waals surface area (Å²) in [5.74, 6) is 2.46. The summed E-state index contributed by atoms with van der Waals surface area (Å²) in [7, 11) is 0. The van der Waals surface area contributed by atoms with Gasteiger partial charge in [0.25, 0.3) is 0 Å². The summed E-state index contributed by atoms with van der Waals surface area (Å²) in [5, 5.41) is 11.4. The van der Waals surface area contributed by atoms with Crippen LogP contribution >= 0.6 is 11.3 Å². The molecule has 1 fully saturated rings. The number of thiazole rings is 1. The lowest BCUT2D eigenvalue weighted by Gasteiger charge is -2.33. The van der Waals surface area contributed by atoms with Crippen LogP contribution in [0.2, 0.25) is 0 Å². The van der Waals surface area contributed by atoms with E-state index in [2.05, 4.69) is 44.2 Å². The predicted molar refractivity (Wildman–Crippen MR) is 91.6 cm³/mol. The lowest BCUT2D eigenvalue weighted by atomic mass is 9.96. The van der Waals surface area contributed by atoms with Crippen LogP contribution in [0.15, 0.2) is 17.5 Å². The number of H-pyrrole nitrogens is 1. The van der Waals surface area contributed by atoms with E-state index < -0.39 is 0 Å². The second-order valence-electron chi connectivity index (χ2n) is 5.67. The fraction of sp³-hybridized carbons (Fsp3) is 0.600. The molecule has 1 aliphatic heterocycles. The number of nitrogens with zero attached hydrogens (tertiary/aromatic N) is 5. The van der Waals surface area contributed by atoms with Crippen molar-refractivity contribution in [2.24, 2.45) is 4.99 Å². The molecule has 8 heteroatoms. The number of hydrogen-bond acceptors (Lipinski definition) is 5. The molecule has 0 saturated carbocycles. The summed E-state index contributed by atoms with van der Waals surface area (Å²) in [5.41, 5.74) is 0. The van der Waals surface area contributed by atoms with Gasteiger partial charge in [-0.3, -0.25) is 5.10 Å². The van der Waals surface area contributed by atoms with Crippen molar-refractivity contribution in [2.75, 3.05) is 19.6 Å². The Labute approximate surface area is 140 Å². The van der Waals surface area contributed by atoms with E-state index in [0.717, 1.165) is 49.3 Å². The van der Waals surface area contributed by atoms with Crippen LogP contribution in [0, 0.1) is 6.92 Å². The van der Waals surface area contributed by atoms with Crippen molar-refractivity contribution in [3.8, 4) is 0 Å². The highest BCUT2D eigenvalue weighted by atomic mass is 32.1. The van der Waals surface area contributed by atoms with Crippen LogP contribution in [0.5, 0.6) is 0 Å². The number of aromatic nitrogens is 4. The number of likely N-dealkylation sites (tertiary alicyclic amines) is 1. The largest absolute Gasteiger partial charge is 0.357 e. The van der Waals surface area contributed by atoms with E-state index in [-0.39, 0.29) is 0 Å². The van der Waals surface area contributed by atoms with E-state index in [1.54, 1.807) is 17.7 Å². The number of nitrogens with one attached hydrogen (secondary N) is 2. The van der Waals surface area contributed by atoms with Gasteiger partial charge in [-0.05, 0) is 26.7 Å². The highest BCUT2D eigenvalue weighted by Gasteiger charge is 2.24. The molecule has 1 aliphatic rings. The van der Waals surface area contributed by atoms with Gasteiger partial charge in [0.2, 0.25) is 0 Å². The summed E-state index contributed by atoms with van der Waals surface area (Å²) in [6, 6.07) is 0. The summed E-state index contributed by atoms with van der Waals surface area (Å²) < 4.78 is 0. The predicted octanol–water partition coefficient (Wildman–Crippen LogP) is 1.91. The fourth-order valence-corrected chi connectivity index (χ4v) is 3.53. The van der Waals surface area contributed by atoms with Crippen LogP contribution in [0.1, 0.15) is 41.4 Å². The molecule has 0 amide bonds. The zero-order chi connectivity index (χ0) is 16.1. The van der Waals surface area contributed by atoms with Gasteiger partial charge in [-0.2, -0.15) is 5.10 Å². The van der Waals surface area contributed by atoms with Gasteiger partial charge in [-0.15, -0.1) is 11.3 Å². The van der Waals surface area contributed by atoms with Gasteiger partial charge in [-0.1, -0.05) is 0 Å². The Hall–Kier alpha value is -1.96. The number of rotatable bonds is 4. The monoisotopic (exact) mass is 333 g/mol. The number of aliphatic imine (C=N–C) groups is 1. The van der Waals surface area contributed by atoms with Crippen molar-refractivity contribution in [2.45, 2.75) is 39.2 Å². The second kappa shape index (κ2) is 7.54. The van der Waals surface area contributed by atoms with E-state index in [9.17, 15) is 0 Å². The number of piperidine rings is 1. The third-order valence-electron chi connectivity index (χ3n) is 3.98. The molecule has 23 heavy (non-hydrogen) atoms. The molecule has 124 valence electrons. The third-order valence-corrected chi connectivity index (χ3v) is 4.88. The van der Waals surface area contributed by atoms with Crippen LogP contribution in [0.4, 0.5) is 0 Å². The van der Waals surface area contributed by atoms with Crippen LogP contribution < -0.4 is 5.32 Å². The minimum absolute atomic E-state index is 0.471. The van der Waals surface area contributed by atoms with Gasteiger partial charge in [0.1, 0.15) is 17.2 Å². The highest BCUT2D eigenvalue weighted by Crippen LogP contribution is 2.25. The molecule has 2 N–H and O–H groups in total. The molecule has 0 aliphatic carbocycles. The van der Waals surface area contributed by atoms with Crippen LogP contribution in [-0.4, -0.2) is 50.7 Å². The highest BCUT2D eigenvalue weighted by molar-refractivity contribution is 7.11. The van der Waals surface area contributed by atoms with Crippen molar-refractivity contribution in [3.63, 3.8) is 0 Å². The lowest BCUT2D eigenvalue weighted by Crippen LogP contribution is -2.45. The first-order valence-corrected chi connectivity index (χ1v) is 8.87. The molecule has 0 spiro atoms. The smallest absolute Gasteiger partial charge is 0.194 e. The van der Waals surface area contributed by atoms with E-state index in [0.29, 0.717) is 12.5 Å². The van der Waals surface area contributed by atoms with E-state index >= 15 is 0 Å². The minimum Gasteiger partial charge on any atom is -0.357 e. The quantitative estimate of drug-likeness (QED) is 0.660. The van der Waals surface area contributed by atoms with E-state index in [1.807, 2.05) is 6.20 Å². The lowest BCUT2D eigenvalue weighted by molar-refractivity contribution is 0.299. The number of aromatic amines is 1. The zero-order valence-electron chi connectivity index (χ0n) is 13.6. The SMILES string of the molecule is CCNC(=NCc1ncc(C)s1)N1CCC(c2ncn[nH]2)CC1. The average molecular weight is 333 g/mol. The number of hydrogen-bond donors (Lipinski definition) is 2. The molecule has 0 radical (unpaired) electrons. The topological polar surface area (TPSA) is 82.1 Å². The molecule has 0 bridgehead atoms. The fourth-order valence-electron chi connectivity index (χ4n) is 2.82. The van der Waals surface area contributed by atoms with Crippen molar-refractivity contribution in [3.05, 3.63) is 28.2 Å². The molecule has 0 aromatic carbocycles. The molecule has 3 heterocycles. The Kier molecular flexibility index (Phi) is 5.22. The van der Waals surface area contributed by atoms with Gasteiger partial charge in [0.05, 0.1) is 6.54 Å². The Bertz CT molecular complexity index is 626. The average Bonchev–Trinajstić information content (AvgIpc) is 3.23. The van der Waals surface area contributed by atoms with Crippen LogP contribution in [0.3, 0.4) is 0 Å². The number of guanidine groups is 1. The first-order chi connectivity index (χ1) is 11.3. The van der Waals surface area contributed by atoms with Crippen LogP contribution in [0.25, 0.3) is 0 Å². The van der Waals surface area contributed by atoms with E-state index in [4.69, 9.17) is 4.99 Å². The Balaban J connectivity index is 1.60. The molecule has 0 atom stereocenters.